The predicted octanol–water partition coefficient (Wildman–Crippen LogP) is 4.31. The van der Waals surface area contributed by atoms with Crippen molar-refractivity contribution in [3.63, 3.8) is 0 Å². The lowest BCUT2D eigenvalue weighted by atomic mass is 10.2. The van der Waals surface area contributed by atoms with Gasteiger partial charge in [-0.2, -0.15) is 5.10 Å². The Hall–Kier alpha value is -3.33. The van der Waals surface area contributed by atoms with E-state index in [4.69, 9.17) is 4.42 Å². The monoisotopic (exact) mass is 436 g/mol. The van der Waals surface area contributed by atoms with Crippen LogP contribution >= 0.6 is 11.8 Å². The number of nitrogens with zero attached hydrogens (tertiary/aromatic N) is 5. The van der Waals surface area contributed by atoms with Crippen LogP contribution in [0.1, 0.15) is 23.6 Å². The molecule has 4 rings (SSSR count). The fraction of sp³-hybridized carbons (Fsp3) is 0.273. The molecule has 3 aromatic heterocycles. The normalized spacial score (nSPS) is 11.1. The summed E-state index contributed by atoms with van der Waals surface area (Å²) in [4.78, 5) is 12.6. The molecule has 0 unspecified atom stereocenters. The lowest BCUT2D eigenvalue weighted by Gasteiger charge is -2.07. The molecular weight excluding hydrogens is 412 g/mol. The van der Waals surface area contributed by atoms with Crippen LogP contribution in [0.5, 0.6) is 0 Å². The molecule has 1 N–H and O–H groups in total. The van der Waals surface area contributed by atoms with Gasteiger partial charge in [0.25, 0.3) is 0 Å². The first kappa shape index (κ1) is 20.9. The van der Waals surface area contributed by atoms with E-state index in [1.807, 2.05) is 73.5 Å². The summed E-state index contributed by atoms with van der Waals surface area (Å²) >= 11 is 1.50. The smallest absolute Gasteiger partial charge is 0.225 e. The first-order valence-corrected chi connectivity index (χ1v) is 10.9. The van der Waals surface area contributed by atoms with Crippen LogP contribution in [-0.2, 0) is 11.8 Å². The van der Waals surface area contributed by atoms with Crippen LogP contribution in [0.2, 0.25) is 0 Å². The number of aromatic nitrogens is 5. The van der Waals surface area contributed by atoms with Crippen molar-refractivity contribution in [3.05, 3.63) is 59.8 Å². The van der Waals surface area contributed by atoms with E-state index in [9.17, 15) is 4.79 Å². The third-order valence-electron chi connectivity index (χ3n) is 5.05. The Kier molecular flexibility index (Phi) is 5.94. The van der Waals surface area contributed by atoms with Gasteiger partial charge in [0, 0.05) is 19.2 Å². The van der Waals surface area contributed by atoms with Gasteiger partial charge in [0.15, 0.2) is 11.0 Å². The van der Waals surface area contributed by atoms with Crippen molar-refractivity contribution in [2.45, 2.75) is 32.3 Å². The number of hydrogen-bond acceptors (Lipinski definition) is 6. The Morgan fingerprint density at radius 1 is 1.13 bits per heavy atom. The Morgan fingerprint density at radius 2 is 1.90 bits per heavy atom. The van der Waals surface area contributed by atoms with E-state index in [1.54, 1.807) is 6.26 Å². The number of rotatable bonds is 7. The van der Waals surface area contributed by atoms with Crippen LogP contribution in [0, 0.1) is 20.8 Å². The number of carbonyl (C=O) groups is 1. The van der Waals surface area contributed by atoms with Gasteiger partial charge in [0.2, 0.25) is 5.91 Å². The van der Waals surface area contributed by atoms with E-state index in [0.717, 1.165) is 45.1 Å². The summed E-state index contributed by atoms with van der Waals surface area (Å²) in [7, 11) is 1.91. The first-order valence-electron chi connectivity index (χ1n) is 9.94. The van der Waals surface area contributed by atoms with Gasteiger partial charge in [-0.25, -0.2) is 4.68 Å². The van der Waals surface area contributed by atoms with Crippen molar-refractivity contribution in [1.29, 1.82) is 0 Å². The lowest BCUT2D eigenvalue weighted by Crippen LogP contribution is -2.13. The average molecular weight is 437 g/mol. The number of para-hydroxylation sites is 1. The second-order valence-corrected chi connectivity index (χ2v) is 8.26. The summed E-state index contributed by atoms with van der Waals surface area (Å²) in [5, 5.41) is 16.9. The zero-order chi connectivity index (χ0) is 22.0. The molecule has 0 saturated carbocycles. The minimum atomic E-state index is -0.0561. The lowest BCUT2D eigenvalue weighted by molar-refractivity contribution is -0.115. The largest absolute Gasteiger partial charge is 0.469 e. The van der Waals surface area contributed by atoms with Gasteiger partial charge in [-0.1, -0.05) is 30.0 Å². The van der Waals surface area contributed by atoms with Crippen molar-refractivity contribution in [1.82, 2.24) is 24.5 Å². The zero-order valence-electron chi connectivity index (χ0n) is 17.9. The molecular formula is C22H24N6O2S. The average Bonchev–Trinajstić information content (AvgIpc) is 3.42. The van der Waals surface area contributed by atoms with E-state index < -0.39 is 0 Å². The molecule has 0 radical (unpaired) electrons. The van der Waals surface area contributed by atoms with Crippen LogP contribution in [0.3, 0.4) is 0 Å². The van der Waals surface area contributed by atoms with E-state index >= 15 is 0 Å². The predicted molar refractivity (Wildman–Crippen MR) is 120 cm³/mol. The molecule has 160 valence electrons. The van der Waals surface area contributed by atoms with Crippen LogP contribution in [0.15, 0.2) is 52.2 Å². The Balaban J connectivity index is 1.37. The Bertz CT molecular complexity index is 1210. The van der Waals surface area contributed by atoms with Gasteiger partial charge in [-0.3, -0.25) is 4.79 Å². The van der Waals surface area contributed by atoms with Gasteiger partial charge in [0.1, 0.15) is 5.76 Å². The number of hydrogen-bond donors (Lipinski definition) is 1. The molecule has 1 amide bonds. The van der Waals surface area contributed by atoms with Gasteiger partial charge in [-0.15, -0.1) is 10.2 Å². The molecule has 0 aliphatic rings. The molecule has 1 aromatic carbocycles. The molecule has 9 heteroatoms. The minimum Gasteiger partial charge on any atom is -0.469 e. The maximum atomic E-state index is 12.6. The summed E-state index contributed by atoms with van der Waals surface area (Å²) in [6.07, 6.45) is 1.99. The van der Waals surface area contributed by atoms with E-state index in [1.165, 1.54) is 11.8 Å². The number of aryl methyl sites for hydroxylation is 2. The van der Waals surface area contributed by atoms with Gasteiger partial charge < -0.3 is 14.3 Å². The number of benzene rings is 1. The number of nitrogens with one attached hydrogen (secondary N) is 1. The SMILES string of the molecule is Cc1nn(-c2ccccc2)c(C)c1NC(=O)CCSc1nnc(-c2ccoc2C)n1C. The standard InChI is InChI=1S/C22H24N6O2S/c1-14-20(15(2)28(26-14)17-8-6-5-7-9-17)23-19(29)11-13-31-22-25-24-21(27(22)4)18-10-12-30-16(18)3/h5-10,12H,11,13H2,1-4H3,(H,23,29). The fourth-order valence-electron chi connectivity index (χ4n) is 3.37. The minimum absolute atomic E-state index is 0.0561. The number of thioether (sulfide) groups is 1. The van der Waals surface area contributed by atoms with Crippen molar-refractivity contribution in [2.24, 2.45) is 7.05 Å². The van der Waals surface area contributed by atoms with E-state index in [0.29, 0.717) is 12.2 Å². The molecule has 0 atom stereocenters. The third-order valence-corrected chi connectivity index (χ3v) is 6.07. The highest BCUT2D eigenvalue weighted by molar-refractivity contribution is 7.99. The van der Waals surface area contributed by atoms with Gasteiger partial charge in [0.05, 0.1) is 34.6 Å². The molecule has 0 bridgehead atoms. The number of anilines is 1. The highest BCUT2D eigenvalue weighted by Gasteiger charge is 2.17. The second kappa shape index (κ2) is 8.81. The maximum Gasteiger partial charge on any atom is 0.225 e. The van der Waals surface area contributed by atoms with Crippen molar-refractivity contribution < 1.29 is 9.21 Å². The van der Waals surface area contributed by atoms with Gasteiger partial charge in [-0.05, 0) is 39.0 Å². The Morgan fingerprint density at radius 3 is 2.61 bits per heavy atom. The highest BCUT2D eigenvalue weighted by atomic mass is 32.2. The summed E-state index contributed by atoms with van der Waals surface area (Å²) in [5.41, 5.74) is 4.33. The molecule has 0 spiro atoms. The highest BCUT2D eigenvalue weighted by Crippen LogP contribution is 2.27. The van der Waals surface area contributed by atoms with Crippen molar-refractivity contribution in [3.8, 4) is 17.1 Å². The second-order valence-electron chi connectivity index (χ2n) is 7.20. The van der Waals surface area contributed by atoms with Crippen molar-refractivity contribution >= 4 is 23.4 Å². The summed E-state index contributed by atoms with van der Waals surface area (Å²) in [6.45, 7) is 5.75. The van der Waals surface area contributed by atoms with E-state index in [-0.39, 0.29) is 5.91 Å². The maximum absolute atomic E-state index is 12.6. The molecule has 0 aliphatic heterocycles. The Labute approximate surface area is 184 Å². The molecule has 4 aromatic rings. The zero-order valence-corrected chi connectivity index (χ0v) is 18.7. The molecule has 31 heavy (non-hydrogen) atoms. The van der Waals surface area contributed by atoms with Crippen LogP contribution in [0.25, 0.3) is 17.1 Å². The quantitative estimate of drug-likeness (QED) is 0.434. The van der Waals surface area contributed by atoms with Crippen LogP contribution in [0.4, 0.5) is 5.69 Å². The summed E-state index contributed by atoms with van der Waals surface area (Å²) < 4.78 is 9.12. The number of carbonyl (C=O) groups excluding carboxylic acids is 1. The molecule has 0 fully saturated rings. The number of amides is 1. The third kappa shape index (κ3) is 4.27. The molecule has 8 nitrogen and oxygen atoms in total. The van der Waals surface area contributed by atoms with Crippen molar-refractivity contribution in [2.75, 3.05) is 11.1 Å². The summed E-state index contributed by atoms with van der Waals surface area (Å²) in [6, 6.07) is 11.7. The van der Waals surface area contributed by atoms with Crippen LogP contribution in [-0.4, -0.2) is 36.2 Å². The summed E-state index contributed by atoms with van der Waals surface area (Å²) in [5.74, 6) is 2.08. The van der Waals surface area contributed by atoms with E-state index in [2.05, 4.69) is 20.6 Å². The fourth-order valence-corrected chi connectivity index (χ4v) is 4.22. The molecule has 3 heterocycles. The first-order chi connectivity index (χ1) is 15.0. The molecule has 0 aliphatic carbocycles. The number of furan rings is 1. The molecule has 0 saturated heterocycles. The van der Waals surface area contributed by atoms with Gasteiger partial charge >= 0.3 is 0 Å². The topological polar surface area (TPSA) is 90.8 Å². The van der Waals surface area contributed by atoms with Crippen LogP contribution < -0.4 is 5.32 Å².